The van der Waals surface area contributed by atoms with Crippen molar-refractivity contribution in [3.63, 3.8) is 0 Å². The number of rotatable bonds is 3. The molecule has 1 saturated carbocycles. The van der Waals surface area contributed by atoms with Gasteiger partial charge >= 0.3 is 5.97 Å². The number of Topliss-reactive ketones (excluding diaryl/α,β-unsaturated/α-hetero) is 1. The Morgan fingerprint density at radius 2 is 1.97 bits per heavy atom. The van der Waals surface area contributed by atoms with Gasteiger partial charge in [0.1, 0.15) is 6.10 Å². The van der Waals surface area contributed by atoms with Crippen molar-refractivity contribution in [3.8, 4) is 0 Å². The summed E-state index contributed by atoms with van der Waals surface area (Å²) in [5.41, 5.74) is -2.61. The first-order valence-electron chi connectivity index (χ1n) is 12.5. The summed E-state index contributed by atoms with van der Waals surface area (Å²) in [4.78, 5) is 27.7. The van der Waals surface area contributed by atoms with Crippen molar-refractivity contribution in [2.45, 2.75) is 58.3 Å². The van der Waals surface area contributed by atoms with Crippen LogP contribution in [0.1, 0.15) is 51.0 Å². The molecule has 192 valence electrons. The zero-order valence-electron chi connectivity index (χ0n) is 21.4. The molecule has 2 aromatic rings. The van der Waals surface area contributed by atoms with Crippen LogP contribution in [0.5, 0.6) is 0 Å². The smallest absolute Gasteiger partial charge is 0.360 e. The Kier molecular flexibility index (Phi) is 5.59. The minimum atomic E-state index is -2.17. The number of ketones is 1. The van der Waals surface area contributed by atoms with Crippen molar-refractivity contribution >= 4 is 22.7 Å². The Hall–Kier alpha value is -2.81. The predicted molar refractivity (Wildman–Crippen MR) is 133 cm³/mol. The van der Waals surface area contributed by atoms with E-state index in [1.165, 1.54) is 0 Å². The summed E-state index contributed by atoms with van der Waals surface area (Å²) in [5, 5.41) is 39.0. The van der Waals surface area contributed by atoms with E-state index >= 15 is 0 Å². The van der Waals surface area contributed by atoms with Gasteiger partial charge in [-0.2, -0.15) is 5.10 Å². The molecule has 3 aliphatic rings. The molecule has 0 amide bonds. The molecule has 6 atom stereocenters. The van der Waals surface area contributed by atoms with E-state index in [-0.39, 0.29) is 23.0 Å². The van der Waals surface area contributed by atoms with E-state index in [0.717, 1.165) is 5.52 Å². The van der Waals surface area contributed by atoms with Crippen molar-refractivity contribution < 1.29 is 29.6 Å². The molecular formula is C28H34N2O6. The number of nitrogens with zero attached hydrogens (tertiary/aromatic N) is 2. The third-order valence-electron chi connectivity index (χ3n) is 9.27. The third-order valence-corrected chi connectivity index (χ3v) is 9.27. The van der Waals surface area contributed by atoms with E-state index in [2.05, 4.69) is 12.0 Å². The fraction of sp³-hybridized carbons (Fsp3) is 0.536. The topological polar surface area (TPSA) is 122 Å². The molecule has 0 radical (unpaired) electrons. The van der Waals surface area contributed by atoms with Crippen LogP contribution >= 0.6 is 0 Å². The predicted octanol–water partition coefficient (Wildman–Crippen LogP) is 2.71. The number of allylic oxidation sites excluding steroid dienone is 1. The molecule has 36 heavy (non-hydrogen) atoms. The van der Waals surface area contributed by atoms with Gasteiger partial charge in [0.05, 0.1) is 17.5 Å². The second kappa shape index (κ2) is 8.10. The van der Waals surface area contributed by atoms with Gasteiger partial charge in [-0.3, -0.25) is 9.48 Å². The molecule has 1 heterocycles. The average Bonchev–Trinajstić information content (AvgIpc) is 3.25. The maximum atomic E-state index is 14.3. The van der Waals surface area contributed by atoms with E-state index in [4.69, 9.17) is 4.74 Å². The van der Waals surface area contributed by atoms with Gasteiger partial charge in [-0.05, 0) is 48.3 Å². The number of ether oxygens (including phenoxy) is 1. The number of hydrogen-bond donors (Lipinski definition) is 3. The van der Waals surface area contributed by atoms with Gasteiger partial charge in [-0.15, -0.1) is 0 Å². The van der Waals surface area contributed by atoms with Crippen LogP contribution in [0, 0.1) is 22.7 Å². The number of carbonyl (C=O) groups is 2. The highest BCUT2D eigenvalue weighted by molar-refractivity contribution is 6.02. The first kappa shape index (κ1) is 24.9. The molecule has 1 spiro atoms. The van der Waals surface area contributed by atoms with E-state index in [1.54, 1.807) is 42.9 Å². The summed E-state index contributed by atoms with van der Waals surface area (Å²) >= 11 is 0. The van der Waals surface area contributed by atoms with Gasteiger partial charge in [-0.25, -0.2) is 4.79 Å². The summed E-state index contributed by atoms with van der Waals surface area (Å²) in [5.74, 6) is -1.47. The highest BCUT2D eigenvalue weighted by atomic mass is 16.6. The number of para-hydroxylation sites is 1. The van der Waals surface area contributed by atoms with Crippen molar-refractivity contribution in [3.05, 3.63) is 53.3 Å². The van der Waals surface area contributed by atoms with Gasteiger partial charge in [-0.1, -0.05) is 51.1 Å². The fourth-order valence-corrected chi connectivity index (χ4v) is 6.68. The van der Waals surface area contributed by atoms with Crippen molar-refractivity contribution in [1.82, 2.24) is 9.78 Å². The molecule has 1 aromatic heterocycles. The Labute approximate surface area is 210 Å². The molecule has 3 N–H and O–H groups in total. The molecule has 0 aliphatic heterocycles. The van der Waals surface area contributed by atoms with E-state index in [9.17, 15) is 24.9 Å². The molecular weight excluding hydrogens is 460 g/mol. The average molecular weight is 495 g/mol. The first-order chi connectivity index (χ1) is 16.9. The number of esters is 1. The van der Waals surface area contributed by atoms with Gasteiger partial charge < -0.3 is 20.1 Å². The maximum Gasteiger partial charge on any atom is 0.360 e. The molecule has 2 bridgehead atoms. The van der Waals surface area contributed by atoms with Crippen molar-refractivity contribution in [1.29, 1.82) is 0 Å². The number of hydrogen-bond acceptors (Lipinski definition) is 7. The minimum absolute atomic E-state index is 0.0892. The lowest BCUT2D eigenvalue weighted by Gasteiger charge is -2.45. The van der Waals surface area contributed by atoms with E-state index in [1.807, 2.05) is 26.0 Å². The van der Waals surface area contributed by atoms with Gasteiger partial charge in [0.25, 0.3) is 0 Å². The van der Waals surface area contributed by atoms with Crippen LogP contribution in [0.3, 0.4) is 0 Å². The number of aliphatic hydroxyl groups is 3. The normalized spacial score (nSPS) is 35.5. The van der Waals surface area contributed by atoms with Crippen molar-refractivity contribution in [2.24, 2.45) is 29.7 Å². The van der Waals surface area contributed by atoms with Gasteiger partial charge in [0, 0.05) is 18.4 Å². The van der Waals surface area contributed by atoms with Crippen LogP contribution in [0.25, 0.3) is 10.9 Å². The molecule has 8 nitrogen and oxygen atoms in total. The lowest BCUT2D eigenvalue weighted by Crippen LogP contribution is -2.63. The van der Waals surface area contributed by atoms with Crippen LogP contribution in [-0.4, -0.2) is 61.3 Å². The lowest BCUT2D eigenvalue weighted by atomic mass is 9.63. The van der Waals surface area contributed by atoms with Gasteiger partial charge in [0.2, 0.25) is 0 Å². The Balaban J connectivity index is 1.63. The van der Waals surface area contributed by atoms with Crippen LogP contribution < -0.4 is 0 Å². The molecule has 8 heteroatoms. The number of aryl methyl sites for hydroxylation is 1. The number of benzene rings is 1. The largest absolute Gasteiger partial charge is 0.450 e. The first-order valence-corrected chi connectivity index (χ1v) is 12.5. The molecule has 6 unspecified atom stereocenters. The molecule has 5 rings (SSSR count). The van der Waals surface area contributed by atoms with Gasteiger partial charge in [0.15, 0.2) is 23.2 Å². The van der Waals surface area contributed by atoms with Crippen molar-refractivity contribution in [2.75, 3.05) is 6.61 Å². The standard InChI is InChI=1S/C28H34N2O6/c1-15-13-27-11-10-16(2)26(3,4)19(23(27)33)12-17(14-31)22(32)28(27,35)24(15)36-25(34)21-18-8-6-7-9-20(18)30(5)29-21/h6-9,12-13,16,19,22,24,31-32,35H,10-11,14H2,1-5H3. The van der Waals surface area contributed by atoms with E-state index < -0.39 is 47.1 Å². The summed E-state index contributed by atoms with van der Waals surface area (Å²) in [6.07, 6.45) is 1.36. The summed E-state index contributed by atoms with van der Waals surface area (Å²) in [6, 6.07) is 7.24. The van der Waals surface area contributed by atoms with Crippen LogP contribution in [0.4, 0.5) is 0 Å². The monoisotopic (exact) mass is 494 g/mol. The maximum absolute atomic E-state index is 14.3. The number of aliphatic hydroxyl groups excluding tert-OH is 2. The zero-order valence-corrected chi connectivity index (χ0v) is 21.4. The van der Waals surface area contributed by atoms with Crippen LogP contribution in [0.2, 0.25) is 0 Å². The Bertz CT molecular complexity index is 1320. The number of carbonyl (C=O) groups excluding carboxylic acids is 2. The quantitative estimate of drug-likeness (QED) is 0.443. The molecule has 1 aromatic carbocycles. The highest BCUT2D eigenvalue weighted by Gasteiger charge is 2.71. The fourth-order valence-electron chi connectivity index (χ4n) is 6.68. The summed E-state index contributed by atoms with van der Waals surface area (Å²) < 4.78 is 7.50. The second-order valence-corrected chi connectivity index (χ2v) is 11.4. The Morgan fingerprint density at radius 1 is 1.28 bits per heavy atom. The number of aromatic nitrogens is 2. The second-order valence-electron chi connectivity index (χ2n) is 11.4. The molecule has 1 fully saturated rings. The molecule has 3 aliphatic carbocycles. The minimum Gasteiger partial charge on any atom is -0.450 e. The third kappa shape index (κ3) is 3.07. The summed E-state index contributed by atoms with van der Waals surface area (Å²) in [7, 11) is 1.73. The van der Waals surface area contributed by atoms with Crippen LogP contribution in [0.15, 0.2) is 47.6 Å². The van der Waals surface area contributed by atoms with E-state index in [0.29, 0.717) is 23.8 Å². The number of fused-ring (bicyclic) bond motifs is 2. The van der Waals surface area contributed by atoms with Crippen LogP contribution in [-0.2, 0) is 16.6 Å². The lowest BCUT2D eigenvalue weighted by molar-refractivity contribution is -0.181. The highest BCUT2D eigenvalue weighted by Crippen LogP contribution is 2.60. The summed E-state index contributed by atoms with van der Waals surface area (Å²) in [6.45, 7) is 7.27. The Morgan fingerprint density at radius 3 is 2.67 bits per heavy atom. The SMILES string of the molecule is CC1=CC23CCC(C)C(C)(C)C(C=C(CO)C(O)C2(O)C1OC(=O)c1nn(C)c2ccccc12)C3=O. The zero-order chi connectivity index (χ0) is 26.2. The molecule has 0 saturated heterocycles.